The van der Waals surface area contributed by atoms with Crippen molar-refractivity contribution in [2.45, 2.75) is 175 Å². The van der Waals surface area contributed by atoms with Crippen LogP contribution in [0.15, 0.2) is 30.3 Å². The summed E-state index contributed by atoms with van der Waals surface area (Å²) in [5.74, 6) is -1.70. The number of ketones is 2. The number of ether oxygens (including phenoxy) is 1. The van der Waals surface area contributed by atoms with Gasteiger partial charge < -0.3 is 20.2 Å². The van der Waals surface area contributed by atoms with E-state index in [1.165, 1.54) is 5.06 Å². The molecule has 2 N–H and O–H groups in total. The van der Waals surface area contributed by atoms with Crippen molar-refractivity contribution >= 4 is 29.5 Å². The van der Waals surface area contributed by atoms with Crippen molar-refractivity contribution in [3.8, 4) is 0 Å². The third-order valence-corrected chi connectivity index (χ3v) is 12.2. The van der Waals surface area contributed by atoms with Gasteiger partial charge in [0.25, 0.3) is 0 Å². The zero-order chi connectivity index (χ0) is 41.7. The fraction of sp³-hybridized carbons (Fsp3) is 0.756. The molecule has 1 aromatic carbocycles. The fourth-order valence-electron chi connectivity index (χ4n) is 9.68. The molecule has 3 amide bonds. The Hall–Kier alpha value is -3.31. The van der Waals surface area contributed by atoms with E-state index in [1.54, 1.807) is 30.6 Å². The largest absolute Gasteiger partial charge is 0.444 e. The molecule has 0 aromatic heterocycles. The Morgan fingerprint density at radius 3 is 2.11 bits per heavy atom. The van der Waals surface area contributed by atoms with Crippen molar-refractivity contribution in [2.75, 3.05) is 13.1 Å². The summed E-state index contributed by atoms with van der Waals surface area (Å²) in [6.45, 7) is 22.0. The summed E-state index contributed by atoms with van der Waals surface area (Å²) < 4.78 is 5.96. The van der Waals surface area contributed by atoms with E-state index >= 15 is 0 Å². The minimum absolute atomic E-state index is 0.0118. The molecule has 3 fully saturated rings. The number of hydrogen-bond acceptors (Lipinski definition) is 8. The quantitative estimate of drug-likeness (QED) is 0.275. The van der Waals surface area contributed by atoms with E-state index in [1.807, 2.05) is 71.9 Å². The first kappa shape index (κ1) is 45.4. The number of amides is 3. The Bertz CT molecular complexity index is 1520. The lowest BCUT2D eigenvalue weighted by Gasteiger charge is -2.51. The fourth-order valence-corrected chi connectivity index (χ4v) is 9.68. The van der Waals surface area contributed by atoms with Crippen LogP contribution >= 0.6 is 0 Å². The average Bonchev–Trinajstić information content (AvgIpc) is 3.57. The van der Waals surface area contributed by atoms with Gasteiger partial charge in [0.05, 0.1) is 12.1 Å². The van der Waals surface area contributed by atoms with E-state index < -0.39 is 40.8 Å². The third kappa shape index (κ3) is 11.9. The lowest BCUT2D eigenvalue weighted by molar-refractivity contribution is -0.246. The molecule has 11 nitrogen and oxygen atoms in total. The predicted molar refractivity (Wildman–Crippen MR) is 218 cm³/mol. The van der Waals surface area contributed by atoms with E-state index in [4.69, 9.17) is 4.74 Å². The van der Waals surface area contributed by atoms with E-state index in [-0.39, 0.29) is 78.9 Å². The highest BCUT2D eigenvalue weighted by Crippen LogP contribution is 2.38. The van der Waals surface area contributed by atoms with Crippen LogP contribution in [0.2, 0.25) is 0 Å². The van der Waals surface area contributed by atoms with Crippen LogP contribution in [-0.4, -0.2) is 97.4 Å². The second-order valence-corrected chi connectivity index (χ2v) is 20.0. The van der Waals surface area contributed by atoms with Crippen LogP contribution in [-0.2, 0) is 30.3 Å². The molecule has 0 radical (unpaired) electrons. The SMILES string of the molecule is CC(C)CC1C(=O)CC(Cc2ccccc2)C(=O)N2CCCC2C(=O)CC(C(C)C)C(CC(=O)NC2CC(C)(C)N(O)C(C)(C)C2)CCN1C(=O)OC(C)(C)C. The maximum absolute atomic E-state index is 14.7. The van der Waals surface area contributed by atoms with E-state index in [0.29, 0.717) is 51.5 Å². The van der Waals surface area contributed by atoms with Crippen LogP contribution in [0, 0.1) is 29.6 Å². The minimum Gasteiger partial charge on any atom is -0.444 e. The number of piperidine rings is 1. The molecule has 3 aliphatic heterocycles. The molecule has 56 heavy (non-hydrogen) atoms. The number of carbonyl (C=O) groups is 5. The van der Waals surface area contributed by atoms with Gasteiger partial charge >= 0.3 is 6.09 Å². The topological polar surface area (TPSA) is 137 Å². The van der Waals surface area contributed by atoms with Crippen LogP contribution in [0.5, 0.6) is 0 Å². The molecular weight excluding hydrogens is 709 g/mol. The molecule has 0 saturated carbocycles. The van der Waals surface area contributed by atoms with Crippen molar-refractivity contribution in [1.29, 1.82) is 0 Å². The molecular formula is C45H72N4O7. The van der Waals surface area contributed by atoms with Crippen molar-refractivity contribution in [3.05, 3.63) is 35.9 Å². The Kier molecular flexibility index (Phi) is 15.0. The molecule has 3 heterocycles. The van der Waals surface area contributed by atoms with Crippen LogP contribution in [0.1, 0.15) is 140 Å². The number of hydroxylamine groups is 2. The minimum atomic E-state index is -0.838. The standard InChI is InChI=1S/C45H72N4O7/c1-29(2)22-37-38(50)24-33(23-31-16-13-12-14-17-31)41(53)47-20-15-18-36(47)39(51)26-35(30(3)4)32(19-21-48(37)42(54)56-43(5,6)7)25-40(52)46-34-27-44(8,9)49(55)45(10,11)28-34/h12-14,16-17,29-30,32-37,55H,15,18-28H2,1-11H3,(H,46,52). The first-order valence-corrected chi connectivity index (χ1v) is 21.2. The molecule has 5 atom stereocenters. The van der Waals surface area contributed by atoms with Crippen LogP contribution in [0.25, 0.3) is 0 Å². The molecule has 11 heteroatoms. The number of Topliss-reactive ketones (excluding diaryl/α,β-unsaturated/α-hetero) is 2. The van der Waals surface area contributed by atoms with Gasteiger partial charge in [-0.1, -0.05) is 58.0 Å². The first-order chi connectivity index (χ1) is 26.0. The smallest absolute Gasteiger partial charge is 0.410 e. The van der Waals surface area contributed by atoms with E-state index in [9.17, 15) is 29.2 Å². The van der Waals surface area contributed by atoms with E-state index in [0.717, 1.165) is 5.56 Å². The van der Waals surface area contributed by atoms with Gasteiger partial charge in [0.1, 0.15) is 5.60 Å². The second kappa shape index (κ2) is 18.5. The van der Waals surface area contributed by atoms with Gasteiger partial charge in [-0.05, 0) is 123 Å². The zero-order valence-corrected chi connectivity index (χ0v) is 36.2. The van der Waals surface area contributed by atoms with Gasteiger partial charge in [0, 0.05) is 55.4 Å². The molecule has 3 saturated heterocycles. The Labute approximate surface area is 336 Å². The number of hydrogen-bond donors (Lipinski definition) is 2. The number of nitrogens with one attached hydrogen (secondary N) is 1. The molecule has 0 aliphatic carbocycles. The van der Waals surface area contributed by atoms with Crippen LogP contribution in [0.3, 0.4) is 0 Å². The molecule has 0 bridgehead atoms. The third-order valence-electron chi connectivity index (χ3n) is 12.2. The predicted octanol–water partition coefficient (Wildman–Crippen LogP) is 7.62. The summed E-state index contributed by atoms with van der Waals surface area (Å²) in [5.41, 5.74) is -0.988. The lowest BCUT2D eigenvalue weighted by Crippen LogP contribution is -2.63. The second-order valence-electron chi connectivity index (χ2n) is 20.0. The number of fused-ring (bicyclic) bond motifs is 1. The van der Waals surface area contributed by atoms with Crippen molar-refractivity contribution < 1.29 is 33.9 Å². The van der Waals surface area contributed by atoms with Gasteiger partial charge in [-0.3, -0.25) is 24.1 Å². The summed E-state index contributed by atoms with van der Waals surface area (Å²) in [6.07, 6.45) is 3.21. The van der Waals surface area contributed by atoms with Gasteiger partial charge in [-0.25, -0.2) is 4.79 Å². The highest BCUT2D eigenvalue weighted by molar-refractivity contribution is 5.94. The number of carbonyl (C=O) groups excluding carboxylic acids is 5. The lowest BCUT2D eigenvalue weighted by atomic mass is 9.75. The van der Waals surface area contributed by atoms with Gasteiger partial charge in [-0.2, -0.15) is 5.06 Å². The maximum Gasteiger partial charge on any atom is 0.410 e. The monoisotopic (exact) mass is 781 g/mol. The van der Waals surface area contributed by atoms with Gasteiger partial charge in [0.15, 0.2) is 11.6 Å². The summed E-state index contributed by atoms with van der Waals surface area (Å²) in [5, 5.41) is 15.5. The molecule has 5 unspecified atom stereocenters. The number of rotatable bonds is 8. The summed E-state index contributed by atoms with van der Waals surface area (Å²) >= 11 is 0. The summed E-state index contributed by atoms with van der Waals surface area (Å²) in [6, 6.07) is 8.08. The first-order valence-electron chi connectivity index (χ1n) is 21.2. The van der Waals surface area contributed by atoms with Crippen molar-refractivity contribution in [1.82, 2.24) is 20.2 Å². The number of benzene rings is 1. The molecule has 4 rings (SSSR count). The van der Waals surface area contributed by atoms with E-state index in [2.05, 4.69) is 19.2 Å². The van der Waals surface area contributed by atoms with Gasteiger partial charge in [-0.15, -0.1) is 0 Å². The Balaban J connectivity index is 1.76. The Morgan fingerprint density at radius 1 is 0.911 bits per heavy atom. The normalized spacial score (nSPS) is 27.3. The average molecular weight is 781 g/mol. The summed E-state index contributed by atoms with van der Waals surface area (Å²) in [7, 11) is 0. The van der Waals surface area contributed by atoms with Crippen molar-refractivity contribution in [2.24, 2.45) is 29.6 Å². The molecule has 1 aromatic rings. The molecule has 0 spiro atoms. The summed E-state index contributed by atoms with van der Waals surface area (Å²) in [4.78, 5) is 75.3. The van der Waals surface area contributed by atoms with Crippen LogP contribution < -0.4 is 5.32 Å². The van der Waals surface area contributed by atoms with Crippen LogP contribution in [0.4, 0.5) is 4.79 Å². The number of nitrogens with zero attached hydrogens (tertiary/aromatic N) is 3. The molecule has 314 valence electrons. The van der Waals surface area contributed by atoms with Crippen molar-refractivity contribution in [3.63, 3.8) is 0 Å². The maximum atomic E-state index is 14.7. The zero-order valence-electron chi connectivity index (χ0n) is 36.2. The van der Waals surface area contributed by atoms with Gasteiger partial charge in [0.2, 0.25) is 11.8 Å². The molecule has 3 aliphatic rings. The Morgan fingerprint density at radius 2 is 1.54 bits per heavy atom. The highest BCUT2D eigenvalue weighted by atomic mass is 16.6. The highest BCUT2D eigenvalue weighted by Gasteiger charge is 2.46.